The van der Waals surface area contributed by atoms with Crippen LogP contribution in [0.15, 0.2) is 42.5 Å². The van der Waals surface area contributed by atoms with Crippen molar-refractivity contribution in [2.75, 3.05) is 32.8 Å². The van der Waals surface area contributed by atoms with E-state index >= 15 is 0 Å². The van der Waals surface area contributed by atoms with Crippen LogP contribution in [0, 0.1) is 5.82 Å². The van der Waals surface area contributed by atoms with Gasteiger partial charge in [-0.1, -0.05) is 29.3 Å². The average Bonchev–Trinajstić information content (AvgIpc) is 2.67. The highest BCUT2D eigenvalue weighted by Crippen LogP contribution is 2.21. The van der Waals surface area contributed by atoms with E-state index in [1.54, 1.807) is 40.1 Å². The predicted molar refractivity (Wildman–Crippen MR) is 105 cm³/mol. The summed E-state index contributed by atoms with van der Waals surface area (Å²) in [5.41, 5.74) is 0.431. The molecule has 1 saturated heterocycles. The average molecular weight is 425 g/mol. The summed E-state index contributed by atoms with van der Waals surface area (Å²) >= 11 is 11.9. The van der Waals surface area contributed by atoms with E-state index in [-0.39, 0.29) is 30.7 Å². The van der Waals surface area contributed by atoms with Gasteiger partial charge in [-0.2, -0.15) is 0 Å². The van der Waals surface area contributed by atoms with E-state index in [2.05, 4.69) is 0 Å². The summed E-state index contributed by atoms with van der Waals surface area (Å²) < 4.78 is 18.5. The molecule has 0 aromatic heterocycles. The van der Waals surface area contributed by atoms with Crippen molar-refractivity contribution >= 4 is 35.0 Å². The van der Waals surface area contributed by atoms with Gasteiger partial charge in [0, 0.05) is 47.9 Å². The molecule has 5 nitrogen and oxygen atoms in total. The summed E-state index contributed by atoms with van der Waals surface area (Å²) in [5, 5.41) is 0.811. The Morgan fingerprint density at radius 1 is 0.964 bits per heavy atom. The van der Waals surface area contributed by atoms with Crippen molar-refractivity contribution in [3.63, 3.8) is 0 Å². The molecule has 3 rings (SSSR count). The van der Waals surface area contributed by atoms with E-state index < -0.39 is 0 Å². The second-order valence-corrected chi connectivity index (χ2v) is 7.26. The van der Waals surface area contributed by atoms with Gasteiger partial charge in [-0.15, -0.1) is 0 Å². The van der Waals surface area contributed by atoms with Gasteiger partial charge in [0.25, 0.3) is 5.91 Å². The number of benzene rings is 2. The van der Waals surface area contributed by atoms with Crippen LogP contribution in [0.5, 0.6) is 5.75 Å². The van der Waals surface area contributed by atoms with Gasteiger partial charge in [-0.05, 0) is 30.3 Å². The molecule has 1 aliphatic rings. The number of nitrogens with zero attached hydrogens (tertiary/aromatic N) is 2. The second kappa shape index (κ2) is 9.26. The van der Waals surface area contributed by atoms with E-state index in [0.29, 0.717) is 47.5 Å². The first-order valence-electron chi connectivity index (χ1n) is 8.84. The monoisotopic (exact) mass is 424 g/mol. The van der Waals surface area contributed by atoms with Gasteiger partial charge in [0.15, 0.2) is 0 Å². The van der Waals surface area contributed by atoms with Crippen molar-refractivity contribution in [3.8, 4) is 5.75 Å². The van der Waals surface area contributed by atoms with E-state index in [4.69, 9.17) is 27.9 Å². The number of carbonyl (C=O) groups excluding carboxylic acids is 2. The zero-order chi connectivity index (χ0) is 20.1. The summed E-state index contributed by atoms with van der Waals surface area (Å²) in [4.78, 5) is 28.3. The third kappa shape index (κ3) is 5.36. The lowest BCUT2D eigenvalue weighted by molar-refractivity contribution is -0.133. The molecule has 148 valence electrons. The highest BCUT2D eigenvalue weighted by molar-refractivity contribution is 6.35. The number of hydrogen-bond donors (Lipinski definition) is 0. The SMILES string of the molecule is O=C(CCOc1cccc(F)c1)N1CCN(C(=O)c2cc(Cl)cc(Cl)c2)CC1. The molecule has 0 atom stereocenters. The van der Waals surface area contributed by atoms with Gasteiger partial charge in [0.1, 0.15) is 11.6 Å². The Balaban J connectivity index is 1.46. The lowest BCUT2D eigenvalue weighted by Gasteiger charge is -2.35. The third-order valence-electron chi connectivity index (χ3n) is 4.41. The van der Waals surface area contributed by atoms with Crippen LogP contribution in [0.1, 0.15) is 16.8 Å². The van der Waals surface area contributed by atoms with E-state index in [1.165, 1.54) is 12.1 Å². The van der Waals surface area contributed by atoms with Crippen molar-refractivity contribution in [1.29, 1.82) is 0 Å². The maximum atomic E-state index is 13.1. The fourth-order valence-electron chi connectivity index (χ4n) is 2.99. The van der Waals surface area contributed by atoms with Gasteiger partial charge in [-0.3, -0.25) is 9.59 Å². The Bertz CT molecular complexity index is 850. The first-order valence-corrected chi connectivity index (χ1v) is 9.59. The van der Waals surface area contributed by atoms with Gasteiger partial charge in [0.2, 0.25) is 5.91 Å². The summed E-state index contributed by atoms with van der Waals surface area (Å²) in [6, 6.07) is 10.5. The molecule has 0 spiro atoms. The Hall–Kier alpha value is -2.31. The van der Waals surface area contributed by atoms with Gasteiger partial charge in [0.05, 0.1) is 13.0 Å². The molecule has 2 aromatic carbocycles. The van der Waals surface area contributed by atoms with Gasteiger partial charge < -0.3 is 14.5 Å². The molecule has 1 aliphatic heterocycles. The fourth-order valence-corrected chi connectivity index (χ4v) is 3.52. The standard InChI is InChI=1S/C20H19Cl2FN2O3/c21-15-10-14(11-16(22)12-15)20(27)25-7-5-24(6-8-25)19(26)4-9-28-18-3-1-2-17(23)13-18/h1-3,10-13H,4-9H2. The Labute approximate surface area is 172 Å². The van der Waals surface area contributed by atoms with Crippen LogP contribution in [0.25, 0.3) is 0 Å². The molecule has 0 radical (unpaired) electrons. The van der Waals surface area contributed by atoms with Crippen molar-refractivity contribution in [1.82, 2.24) is 9.80 Å². The van der Waals surface area contributed by atoms with Crippen LogP contribution < -0.4 is 4.74 Å². The van der Waals surface area contributed by atoms with Crippen molar-refractivity contribution < 1.29 is 18.7 Å². The number of rotatable bonds is 5. The highest BCUT2D eigenvalue weighted by atomic mass is 35.5. The molecular weight excluding hydrogens is 406 g/mol. The molecule has 1 fully saturated rings. The molecule has 1 heterocycles. The zero-order valence-electron chi connectivity index (χ0n) is 15.0. The van der Waals surface area contributed by atoms with Gasteiger partial charge >= 0.3 is 0 Å². The summed E-state index contributed by atoms with van der Waals surface area (Å²) in [7, 11) is 0. The zero-order valence-corrected chi connectivity index (χ0v) is 16.5. The minimum Gasteiger partial charge on any atom is -0.493 e. The number of ether oxygens (including phenoxy) is 1. The van der Waals surface area contributed by atoms with Crippen LogP contribution in [0.3, 0.4) is 0 Å². The van der Waals surface area contributed by atoms with E-state index in [1.807, 2.05) is 0 Å². The van der Waals surface area contributed by atoms with Crippen LogP contribution in [0.4, 0.5) is 4.39 Å². The predicted octanol–water partition coefficient (Wildman–Crippen LogP) is 3.89. The van der Waals surface area contributed by atoms with E-state index in [0.717, 1.165) is 0 Å². The largest absolute Gasteiger partial charge is 0.493 e. The molecular formula is C20H19Cl2FN2O3. The number of hydrogen-bond acceptors (Lipinski definition) is 3. The Morgan fingerprint density at radius 2 is 1.61 bits per heavy atom. The lowest BCUT2D eigenvalue weighted by Crippen LogP contribution is -2.50. The number of halogens is 3. The Morgan fingerprint density at radius 3 is 2.25 bits per heavy atom. The summed E-state index contributed by atoms with van der Waals surface area (Å²) in [6.07, 6.45) is 0.189. The molecule has 0 bridgehead atoms. The van der Waals surface area contributed by atoms with Crippen molar-refractivity contribution in [2.45, 2.75) is 6.42 Å². The smallest absolute Gasteiger partial charge is 0.254 e. The minimum absolute atomic E-state index is 0.0608. The van der Waals surface area contributed by atoms with E-state index in [9.17, 15) is 14.0 Å². The summed E-state index contributed by atoms with van der Waals surface area (Å²) in [5.74, 6) is -0.214. The topological polar surface area (TPSA) is 49.9 Å². The Kier molecular flexibility index (Phi) is 6.75. The van der Waals surface area contributed by atoms with Crippen LogP contribution in [0.2, 0.25) is 10.0 Å². The van der Waals surface area contributed by atoms with Crippen molar-refractivity contribution in [2.24, 2.45) is 0 Å². The number of amides is 2. The first kappa shape index (κ1) is 20.4. The molecule has 0 N–H and O–H groups in total. The number of piperazine rings is 1. The second-order valence-electron chi connectivity index (χ2n) is 6.39. The minimum atomic E-state index is -0.384. The normalized spacial score (nSPS) is 14.1. The first-order chi connectivity index (χ1) is 13.4. The lowest BCUT2D eigenvalue weighted by atomic mass is 10.1. The number of carbonyl (C=O) groups is 2. The maximum absolute atomic E-state index is 13.1. The quantitative estimate of drug-likeness (QED) is 0.731. The summed E-state index contributed by atoms with van der Waals surface area (Å²) in [6.45, 7) is 1.92. The molecule has 2 amide bonds. The highest BCUT2D eigenvalue weighted by Gasteiger charge is 2.25. The molecule has 0 aliphatic carbocycles. The van der Waals surface area contributed by atoms with Crippen LogP contribution in [-0.4, -0.2) is 54.4 Å². The molecule has 0 unspecified atom stereocenters. The van der Waals surface area contributed by atoms with Crippen LogP contribution in [-0.2, 0) is 4.79 Å². The van der Waals surface area contributed by atoms with Crippen LogP contribution >= 0.6 is 23.2 Å². The molecule has 28 heavy (non-hydrogen) atoms. The van der Waals surface area contributed by atoms with Crippen molar-refractivity contribution in [3.05, 3.63) is 63.9 Å². The third-order valence-corrected chi connectivity index (χ3v) is 4.85. The fraction of sp³-hybridized carbons (Fsp3) is 0.300. The van der Waals surface area contributed by atoms with Gasteiger partial charge in [-0.25, -0.2) is 4.39 Å². The molecule has 2 aromatic rings. The molecule has 0 saturated carbocycles. The maximum Gasteiger partial charge on any atom is 0.254 e. The molecule has 8 heteroatoms.